The monoisotopic (exact) mass is 262 g/mol. The number of rotatable bonds is 4. The minimum atomic E-state index is -0.672. The van der Waals surface area contributed by atoms with Crippen LogP contribution in [0.15, 0.2) is 24.3 Å². The van der Waals surface area contributed by atoms with Gasteiger partial charge in [-0.1, -0.05) is 0 Å². The first-order valence-electron chi connectivity index (χ1n) is 6.80. The SMILES string of the molecule is CN(C)c1ccc(N2CCC(CC(=O)O)CC2)cc1. The van der Waals surface area contributed by atoms with Crippen molar-refractivity contribution in [3.63, 3.8) is 0 Å². The van der Waals surface area contributed by atoms with Crippen molar-refractivity contribution in [1.82, 2.24) is 0 Å². The number of hydrogen-bond acceptors (Lipinski definition) is 3. The predicted octanol–water partition coefficient (Wildman–Crippen LogP) is 2.44. The molecule has 1 aliphatic rings. The molecule has 0 aliphatic carbocycles. The van der Waals surface area contributed by atoms with Crippen LogP contribution in [-0.2, 0) is 4.79 Å². The van der Waals surface area contributed by atoms with Gasteiger partial charge in [0, 0.05) is 45.0 Å². The van der Waals surface area contributed by atoms with Gasteiger partial charge in [0.25, 0.3) is 0 Å². The molecule has 4 nitrogen and oxygen atoms in total. The fraction of sp³-hybridized carbons (Fsp3) is 0.533. The molecule has 2 rings (SSSR count). The fourth-order valence-electron chi connectivity index (χ4n) is 2.60. The van der Waals surface area contributed by atoms with Gasteiger partial charge in [0.2, 0.25) is 0 Å². The molecule has 1 heterocycles. The van der Waals surface area contributed by atoms with Crippen LogP contribution in [0.25, 0.3) is 0 Å². The highest BCUT2D eigenvalue weighted by Gasteiger charge is 2.21. The maximum Gasteiger partial charge on any atom is 0.303 e. The normalized spacial score (nSPS) is 16.4. The zero-order valence-electron chi connectivity index (χ0n) is 11.7. The Morgan fingerprint density at radius 1 is 1.26 bits per heavy atom. The van der Waals surface area contributed by atoms with Crippen LogP contribution in [0.3, 0.4) is 0 Å². The van der Waals surface area contributed by atoms with Crippen LogP contribution >= 0.6 is 0 Å². The van der Waals surface area contributed by atoms with Crippen molar-refractivity contribution in [3.05, 3.63) is 24.3 Å². The number of hydrogen-bond donors (Lipinski definition) is 1. The minimum Gasteiger partial charge on any atom is -0.481 e. The quantitative estimate of drug-likeness (QED) is 0.905. The van der Waals surface area contributed by atoms with E-state index >= 15 is 0 Å². The van der Waals surface area contributed by atoms with Crippen molar-refractivity contribution in [2.24, 2.45) is 5.92 Å². The number of piperidine rings is 1. The fourth-order valence-corrected chi connectivity index (χ4v) is 2.60. The van der Waals surface area contributed by atoms with Gasteiger partial charge in [0.05, 0.1) is 0 Å². The van der Waals surface area contributed by atoms with Crippen molar-refractivity contribution < 1.29 is 9.90 Å². The third-order valence-corrected chi connectivity index (χ3v) is 3.81. The smallest absolute Gasteiger partial charge is 0.303 e. The van der Waals surface area contributed by atoms with Crippen LogP contribution in [-0.4, -0.2) is 38.3 Å². The number of nitrogens with zero attached hydrogens (tertiary/aromatic N) is 2. The predicted molar refractivity (Wildman–Crippen MR) is 78.0 cm³/mol. The molecular weight excluding hydrogens is 240 g/mol. The number of aliphatic carboxylic acids is 1. The Balaban J connectivity index is 1.92. The lowest BCUT2D eigenvalue weighted by Gasteiger charge is -2.33. The van der Waals surface area contributed by atoms with Crippen molar-refractivity contribution in [3.8, 4) is 0 Å². The van der Waals surface area contributed by atoms with E-state index < -0.39 is 5.97 Å². The molecule has 0 bridgehead atoms. The van der Waals surface area contributed by atoms with Gasteiger partial charge in [-0.15, -0.1) is 0 Å². The molecule has 0 atom stereocenters. The number of carboxylic acids is 1. The molecule has 0 unspecified atom stereocenters. The second kappa shape index (κ2) is 5.95. The van der Waals surface area contributed by atoms with E-state index in [9.17, 15) is 4.79 Å². The summed E-state index contributed by atoms with van der Waals surface area (Å²) in [6.45, 7) is 1.92. The van der Waals surface area contributed by atoms with Gasteiger partial charge in [0.1, 0.15) is 0 Å². The number of benzene rings is 1. The molecule has 0 radical (unpaired) electrons. The Bertz CT molecular complexity index is 420. The molecular formula is C15H22N2O2. The lowest BCUT2D eigenvalue weighted by atomic mass is 9.93. The van der Waals surface area contributed by atoms with E-state index in [0.29, 0.717) is 12.3 Å². The van der Waals surface area contributed by atoms with Gasteiger partial charge in [-0.25, -0.2) is 0 Å². The topological polar surface area (TPSA) is 43.8 Å². The first-order valence-corrected chi connectivity index (χ1v) is 6.80. The van der Waals surface area contributed by atoms with Crippen molar-refractivity contribution >= 4 is 17.3 Å². The summed E-state index contributed by atoms with van der Waals surface area (Å²) in [6.07, 6.45) is 2.26. The lowest BCUT2D eigenvalue weighted by Crippen LogP contribution is -2.34. The Labute approximate surface area is 114 Å². The zero-order valence-corrected chi connectivity index (χ0v) is 11.7. The first kappa shape index (κ1) is 13.7. The highest BCUT2D eigenvalue weighted by atomic mass is 16.4. The number of carboxylic acid groups (broad SMARTS) is 1. The Hall–Kier alpha value is -1.71. The van der Waals surface area contributed by atoms with Gasteiger partial charge >= 0.3 is 5.97 Å². The van der Waals surface area contributed by atoms with E-state index in [1.165, 1.54) is 11.4 Å². The first-order chi connectivity index (χ1) is 9.06. The second-order valence-electron chi connectivity index (χ2n) is 5.44. The summed E-state index contributed by atoms with van der Waals surface area (Å²) < 4.78 is 0. The second-order valence-corrected chi connectivity index (χ2v) is 5.44. The molecule has 1 saturated heterocycles. The molecule has 4 heteroatoms. The standard InChI is InChI=1S/C15H22N2O2/c1-16(2)13-3-5-14(6-4-13)17-9-7-12(8-10-17)11-15(18)19/h3-6,12H,7-11H2,1-2H3,(H,18,19). The third kappa shape index (κ3) is 3.63. The van der Waals surface area contributed by atoms with Crippen molar-refractivity contribution in [2.45, 2.75) is 19.3 Å². The van der Waals surface area contributed by atoms with E-state index in [0.717, 1.165) is 25.9 Å². The average Bonchev–Trinajstić information content (AvgIpc) is 2.39. The summed E-state index contributed by atoms with van der Waals surface area (Å²) in [6, 6.07) is 8.54. The molecule has 1 aliphatic heterocycles. The van der Waals surface area contributed by atoms with E-state index in [1.54, 1.807) is 0 Å². The third-order valence-electron chi connectivity index (χ3n) is 3.81. The minimum absolute atomic E-state index is 0.313. The van der Waals surface area contributed by atoms with Gasteiger partial charge in [0.15, 0.2) is 0 Å². The summed E-state index contributed by atoms with van der Waals surface area (Å²) in [7, 11) is 4.07. The largest absolute Gasteiger partial charge is 0.481 e. The van der Waals surface area contributed by atoms with Gasteiger partial charge in [-0.2, -0.15) is 0 Å². The van der Waals surface area contributed by atoms with Crippen molar-refractivity contribution in [1.29, 1.82) is 0 Å². The average molecular weight is 262 g/mol. The molecule has 104 valence electrons. The van der Waals surface area contributed by atoms with Crippen LogP contribution in [0.2, 0.25) is 0 Å². The number of anilines is 2. The van der Waals surface area contributed by atoms with E-state index in [1.807, 2.05) is 14.1 Å². The summed E-state index contributed by atoms with van der Waals surface area (Å²) in [5.74, 6) is -0.330. The summed E-state index contributed by atoms with van der Waals surface area (Å²) in [4.78, 5) is 15.1. The van der Waals surface area contributed by atoms with Gasteiger partial charge in [-0.05, 0) is 43.0 Å². The van der Waals surface area contributed by atoms with Crippen LogP contribution in [0.5, 0.6) is 0 Å². The summed E-state index contributed by atoms with van der Waals surface area (Å²) >= 11 is 0. The summed E-state index contributed by atoms with van der Waals surface area (Å²) in [5, 5.41) is 8.81. The molecule has 0 aromatic heterocycles. The van der Waals surface area contributed by atoms with E-state index in [-0.39, 0.29) is 0 Å². The maximum atomic E-state index is 10.7. The highest BCUT2D eigenvalue weighted by Crippen LogP contribution is 2.26. The van der Waals surface area contributed by atoms with Crippen LogP contribution in [0.4, 0.5) is 11.4 Å². The van der Waals surface area contributed by atoms with Gasteiger partial charge < -0.3 is 14.9 Å². The van der Waals surface area contributed by atoms with Crippen LogP contribution in [0.1, 0.15) is 19.3 Å². The zero-order chi connectivity index (χ0) is 13.8. The van der Waals surface area contributed by atoms with Crippen LogP contribution < -0.4 is 9.80 Å². The molecule has 1 aromatic rings. The molecule has 1 N–H and O–H groups in total. The highest BCUT2D eigenvalue weighted by molar-refractivity contribution is 5.67. The van der Waals surface area contributed by atoms with Crippen LogP contribution in [0, 0.1) is 5.92 Å². The molecule has 1 fully saturated rings. The van der Waals surface area contributed by atoms with Crippen molar-refractivity contribution in [2.75, 3.05) is 37.0 Å². The summed E-state index contributed by atoms with van der Waals surface area (Å²) in [5.41, 5.74) is 2.43. The Morgan fingerprint density at radius 2 is 1.84 bits per heavy atom. The molecule has 19 heavy (non-hydrogen) atoms. The molecule has 1 aromatic carbocycles. The molecule has 0 spiro atoms. The maximum absolute atomic E-state index is 10.7. The van der Waals surface area contributed by atoms with Gasteiger partial charge in [-0.3, -0.25) is 4.79 Å². The lowest BCUT2D eigenvalue weighted by molar-refractivity contribution is -0.138. The number of carbonyl (C=O) groups is 1. The Morgan fingerprint density at radius 3 is 2.32 bits per heavy atom. The molecule has 0 saturated carbocycles. The molecule has 0 amide bonds. The Kier molecular flexibility index (Phi) is 4.30. The van der Waals surface area contributed by atoms with E-state index in [2.05, 4.69) is 34.1 Å². The van der Waals surface area contributed by atoms with E-state index in [4.69, 9.17) is 5.11 Å².